The second-order valence-corrected chi connectivity index (χ2v) is 7.60. The SMILES string of the molecule is C[C@H](Oc1c(Br)cc(/C=C2/C(=O)NN(c3ccccc3)C2=O)cc1Br)C(=O)O. The van der Waals surface area contributed by atoms with Gasteiger partial charge in [-0.2, -0.15) is 0 Å². The molecule has 0 unspecified atom stereocenters. The third-order valence-electron chi connectivity index (χ3n) is 3.88. The number of hydrazine groups is 1. The molecule has 0 bridgehead atoms. The van der Waals surface area contributed by atoms with Crippen molar-refractivity contribution in [1.29, 1.82) is 0 Å². The quantitative estimate of drug-likeness (QED) is 0.475. The van der Waals surface area contributed by atoms with Crippen molar-refractivity contribution in [3.63, 3.8) is 0 Å². The monoisotopic (exact) mass is 508 g/mol. The molecule has 1 atom stereocenters. The van der Waals surface area contributed by atoms with Gasteiger partial charge in [0.1, 0.15) is 11.3 Å². The van der Waals surface area contributed by atoms with Crippen LogP contribution in [0, 0.1) is 0 Å². The van der Waals surface area contributed by atoms with Gasteiger partial charge in [0.2, 0.25) is 0 Å². The molecule has 28 heavy (non-hydrogen) atoms. The first kappa shape index (κ1) is 20.1. The van der Waals surface area contributed by atoms with E-state index in [1.54, 1.807) is 36.4 Å². The van der Waals surface area contributed by atoms with Crippen molar-refractivity contribution in [1.82, 2.24) is 5.43 Å². The van der Waals surface area contributed by atoms with Gasteiger partial charge in [-0.15, -0.1) is 0 Å². The van der Waals surface area contributed by atoms with E-state index in [2.05, 4.69) is 37.3 Å². The standard InChI is InChI=1S/C19H14Br2N2O5/c1-10(19(26)27)28-16-14(20)8-11(9-15(16)21)7-13-17(24)22-23(18(13)25)12-5-3-2-4-6-12/h2-10H,1H3,(H,22,24)(H,26,27)/b13-7-/t10-/m0/s1. The van der Waals surface area contributed by atoms with Crippen molar-refractivity contribution in [2.75, 3.05) is 5.01 Å². The second kappa shape index (κ2) is 8.15. The maximum Gasteiger partial charge on any atom is 0.344 e. The Bertz CT molecular complexity index is 968. The Morgan fingerprint density at radius 3 is 2.36 bits per heavy atom. The van der Waals surface area contributed by atoms with E-state index in [0.717, 1.165) is 0 Å². The third-order valence-corrected chi connectivity index (χ3v) is 5.06. The van der Waals surface area contributed by atoms with Crippen LogP contribution in [0.25, 0.3) is 6.08 Å². The Labute approximate surface area is 177 Å². The molecular formula is C19H14Br2N2O5. The fourth-order valence-electron chi connectivity index (χ4n) is 2.49. The number of benzene rings is 2. The number of hydrogen-bond donors (Lipinski definition) is 2. The number of carboxylic acids is 1. The van der Waals surface area contributed by atoms with Crippen molar-refractivity contribution in [2.24, 2.45) is 0 Å². The molecule has 2 aromatic carbocycles. The number of nitrogens with zero attached hydrogens (tertiary/aromatic N) is 1. The van der Waals surface area contributed by atoms with E-state index < -0.39 is 23.9 Å². The van der Waals surface area contributed by atoms with E-state index in [4.69, 9.17) is 9.84 Å². The lowest BCUT2D eigenvalue weighted by Gasteiger charge is -2.14. The molecule has 3 rings (SSSR count). The summed E-state index contributed by atoms with van der Waals surface area (Å²) in [6, 6.07) is 12.0. The molecule has 1 saturated heterocycles. The van der Waals surface area contributed by atoms with Crippen molar-refractivity contribution >= 4 is 61.4 Å². The molecule has 2 N–H and O–H groups in total. The van der Waals surface area contributed by atoms with E-state index in [0.29, 0.717) is 25.9 Å². The average Bonchev–Trinajstić information content (AvgIpc) is 2.93. The van der Waals surface area contributed by atoms with Crippen LogP contribution in [0.3, 0.4) is 0 Å². The topological polar surface area (TPSA) is 95.9 Å². The summed E-state index contributed by atoms with van der Waals surface area (Å²) in [6.45, 7) is 1.41. The number of hydrogen-bond acceptors (Lipinski definition) is 4. The first-order chi connectivity index (χ1) is 13.3. The van der Waals surface area contributed by atoms with Crippen LogP contribution in [-0.4, -0.2) is 29.0 Å². The minimum absolute atomic E-state index is 0.0183. The van der Waals surface area contributed by atoms with Gasteiger partial charge in [0.15, 0.2) is 6.10 Å². The number of para-hydroxylation sites is 1. The number of carbonyl (C=O) groups excluding carboxylic acids is 2. The summed E-state index contributed by atoms with van der Waals surface area (Å²) < 4.78 is 6.37. The molecule has 9 heteroatoms. The number of rotatable bonds is 5. The van der Waals surface area contributed by atoms with Crippen molar-refractivity contribution in [3.05, 3.63) is 62.5 Å². The van der Waals surface area contributed by atoms with Gasteiger partial charge < -0.3 is 9.84 Å². The molecule has 0 aromatic heterocycles. The van der Waals surface area contributed by atoms with Crippen LogP contribution in [0.4, 0.5) is 5.69 Å². The Morgan fingerprint density at radius 2 is 1.79 bits per heavy atom. The van der Waals surface area contributed by atoms with Crippen molar-refractivity contribution in [2.45, 2.75) is 13.0 Å². The lowest BCUT2D eigenvalue weighted by molar-refractivity contribution is -0.144. The highest BCUT2D eigenvalue weighted by Gasteiger charge is 2.34. The van der Waals surface area contributed by atoms with E-state index in [-0.39, 0.29) is 5.57 Å². The number of anilines is 1. The fourth-order valence-corrected chi connectivity index (χ4v) is 3.89. The van der Waals surface area contributed by atoms with Crippen molar-refractivity contribution < 1.29 is 24.2 Å². The number of amides is 2. The second-order valence-electron chi connectivity index (χ2n) is 5.89. The van der Waals surface area contributed by atoms with Crippen molar-refractivity contribution in [3.8, 4) is 5.75 Å². The normalized spacial score (nSPS) is 16.2. The summed E-state index contributed by atoms with van der Waals surface area (Å²) >= 11 is 6.66. The van der Waals surface area contributed by atoms with Crippen LogP contribution >= 0.6 is 31.9 Å². The molecule has 144 valence electrons. The van der Waals surface area contributed by atoms with E-state index >= 15 is 0 Å². The lowest BCUT2D eigenvalue weighted by atomic mass is 10.1. The highest BCUT2D eigenvalue weighted by Crippen LogP contribution is 2.36. The molecule has 0 aliphatic carbocycles. The number of aliphatic carboxylic acids is 1. The Kier molecular flexibility index (Phi) is 5.85. The van der Waals surface area contributed by atoms with Gasteiger partial charge in [0.05, 0.1) is 14.6 Å². The summed E-state index contributed by atoms with van der Waals surface area (Å²) in [5.74, 6) is -1.77. The number of ether oxygens (including phenoxy) is 1. The summed E-state index contributed by atoms with van der Waals surface area (Å²) in [4.78, 5) is 35.9. The highest BCUT2D eigenvalue weighted by atomic mass is 79.9. The van der Waals surface area contributed by atoms with Crippen LogP contribution in [0.15, 0.2) is 57.0 Å². The van der Waals surface area contributed by atoms with Gasteiger partial charge in [-0.1, -0.05) is 18.2 Å². The maximum absolute atomic E-state index is 12.6. The van der Waals surface area contributed by atoms with Gasteiger partial charge in [-0.25, -0.2) is 9.80 Å². The molecule has 2 aromatic rings. The van der Waals surface area contributed by atoms with E-state index in [1.807, 2.05) is 6.07 Å². The molecule has 1 heterocycles. The van der Waals surface area contributed by atoms with Crippen LogP contribution in [0.2, 0.25) is 0 Å². The van der Waals surface area contributed by atoms with Gasteiger partial charge >= 0.3 is 5.97 Å². The predicted molar refractivity (Wildman–Crippen MR) is 110 cm³/mol. The first-order valence-corrected chi connectivity index (χ1v) is 9.67. The van der Waals surface area contributed by atoms with Crippen LogP contribution < -0.4 is 15.2 Å². The van der Waals surface area contributed by atoms with Crippen LogP contribution in [0.5, 0.6) is 5.75 Å². The van der Waals surface area contributed by atoms with E-state index in [9.17, 15) is 14.4 Å². The summed E-state index contributed by atoms with van der Waals surface area (Å²) in [6.07, 6.45) is 0.416. The molecule has 1 fully saturated rings. The summed E-state index contributed by atoms with van der Waals surface area (Å²) in [5.41, 5.74) is 3.63. The van der Waals surface area contributed by atoms with Gasteiger partial charge in [0.25, 0.3) is 11.8 Å². The summed E-state index contributed by atoms with van der Waals surface area (Å²) in [7, 11) is 0. The highest BCUT2D eigenvalue weighted by molar-refractivity contribution is 9.11. The minimum Gasteiger partial charge on any atom is -0.479 e. The zero-order chi connectivity index (χ0) is 20.4. The maximum atomic E-state index is 12.6. The number of carbonyl (C=O) groups is 3. The lowest BCUT2D eigenvalue weighted by Crippen LogP contribution is -2.35. The molecule has 1 aliphatic heterocycles. The van der Waals surface area contributed by atoms with Crippen LogP contribution in [0.1, 0.15) is 12.5 Å². The summed E-state index contributed by atoms with van der Waals surface area (Å²) in [5, 5.41) is 10.2. The molecule has 1 aliphatic rings. The molecule has 2 amide bonds. The Morgan fingerprint density at radius 1 is 1.18 bits per heavy atom. The largest absolute Gasteiger partial charge is 0.479 e. The van der Waals surface area contributed by atoms with Gasteiger partial charge in [0, 0.05) is 0 Å². The fraction of sp³-hybridized carbons (Fsp3) is 0.105. The predicted octanol–water partition coefficient (Wildman–Crippen LogP) is 3.52. The van der Waals surface area contributed by atoms with Gasteiger partial charge in [-0.05, 0) is 74.7 Å². The van der Waals surface area contributed by atoms with Gasteiger partial charge in [-0.3, -0.25) is 15.0 Å². The van der Waals surface area contributed by atoms with E-state index in [1.165, 1.54) is 18.0 Å². The number of halogens is 2. The minimum atomic E-state index is -1.10. The molecule has 0 radical (unpaired) electrons. The third kappa shape index (κ3) is 4.10. The molecular weight excluding hydrogens is 496 g/mol. The number of nitrogens with one attached hydrogen (secondary N) is 1. The zero-order valence-corrected chi connectivity index (χ0v) is 17.7. The smallest absolute Gasteiger partial charge is 0.344 e. The zero-order valence-electron chi connectivity index (χ0n) is 14.5. The first-order valence-electron chi connectivity index (χ1n) is 8.08. The molecule has 7 nitrogen and oxygen atoms in total. The molecule has 0 saturated carbocycles. The van der Waals surface area contributed by atoms with Crippen LogP contribution in [-0.2, 0) is 14.4 Å². The Hall–Kier alpha value is -2.65. The number of carboxylic acid groups (broad SMARTS) is 1. The Balaban J connectivity index is 1.90. The average molecular weight is 510 g/mol. The molecule has 0 spiro atoms.